The van der Waals surface area contributed by atoms with Crippen LogP contribution in [0.1, 0.15) is 5.56 Å². The van der Waals surface area contributed by atoms with E-state index in [2.05, 4.69) is 22.0 Å². The average molecular weight is 472 g/mol. The maximum absolute atomic E-state index is 12.7. The van der Waals surface area contributed by atoms with Crippen molar-refractivity contribution in [3.05, 3.63) is 65.4 Å². The molecule has 4 rings (SSSR count). The molecule has 168 valence electrons. The zero-order valence-electron chi connectivity index (χ0n) is 18.0. The number of amides is 1. The number of aromatic nitrogens is 3. The second-order valence-electron chi connectivity index (χ2n) is 7.61. The van der Waals surface area contributed by atoms with E-state index in [0.29, 0.717) is 23.1 Å². The van der Waals surface area contributed by atoms with Crippen molar-refractivity contribution in [3.8, 4) is 11.4 Å². The molecule has 1 aliphatic heterocycles. The maximum atomic E-state index is 12.7. The highest BCUT2D eigenvalue weighted by atomic mass is 35.5. The Labute approximate surface area is 197 Å². The maximum Gasteiger partial charge on any atom is 0.233 e. The minimum Gasteiger partial charge on any atom is -0.491 e. The molecule has 0 saturated carbocycles. The lowest BCUT2D eigenvalue weighted by atomic mass is 10.2. The lowest BCUT2D eigenvalue weighted by Crippen LogP contribution is -2.50. The van der Waals surface area contributed by atoms with Crippen LogP contribution >= 0.6 is 23.4 Å². The Bertz CT molecular complexity index is 1030. The van der Waals surface area contributed by atoms with Crippen LogP contribution in [0.25, 0.3) is 5.69 Å². The molecule has 1 aliphatic rings. The molecule has 0 radical (unpaired) electrons. The van der Waals surface area contributed by atoms with Gasteiger partial charge in [-0.1, -0.05) is 53.2 Å². The summed E-state index contributed by atoms with van der Waals surface area (Å²) < 4.78 is 7.69. The van der Waals surface area contributed by atoms with Crippen LogP contribution < -0.4 is 4.74 Å². The Morgan fingerprint density at radius 1 is 1.09 bits per heavy atom. The SMILES string of the molecule is Cc1ccc(-n2cnnc2SCC(=O)N2CCN(CCOc3ccccc3Cl)CC2)cc1. The number of ether oxygens (including phenoxy) is 1. The molecule has 1 fully saturated rings. The lowest BCUT2D eigenvalue weighted by molar-refractivity contribution is -0.130. The lowest BCUT2D eigenvalue weighted by Gasteiger charge is -2.34. The van der Waals surface area contributed by atoms with Crippen LogP contribution in [-0.2, 0) is 4.79 Å². The molecule has 0 N–H and O–H groups in total. The number of carbonyl (C=O) groups is 1. The number of piperazine rings is 1. The van der Waals surface area contributed by atoms with Crippen LogP contribution in [0.2, 0.25) is 5.02 Å². The predicted octanol–water partition coefficient (Wildman–Crippen LogP) is 3.54. The average Bonchev–Trinajstić information content (AvgIpc) is 3.28. The van der Waals surface area contributed by atoms with Crippen molar-refractivity contribution in [1.82, 2.24) is 24.6 Å². The molecule has 7 nitrogen and oxygen atoms in total. The van der Waals surface area contributed by atoms with Gasteiger partial charge in [0.1, 0.15) is 18.7 Å². The number of hydrogen-bond acceptors (Lipinski definition) is 6. The molecule has 3 aromatic rings. The molecular formula is C23H26ClN5O2S. The quantitative estimate of drug-likeness (QED) is 0.468. The number of para-hydroxylation sites is 1. The van der Waals surface area contributed by atoms with Crippen molar-refractivity contribution in [3.63, 3.8) is 0 Å². The van der Waals surface area contributed by atoms with E-state index in [1.165, 1.54) is 17.3 Å². The molecule has 1 saturated heterocycles. The van der Waals surface area contributed by atoms with Gasteiger partial charge in [-0.15, -0.1) is 10.2 Å². The molecule has 0 atom stereocenters. The van der Waals surface area contributed by atoms with Crippen LogP contribution in [0, 0.1) is 6.92 Å². The molecule has 1 amide bonds. The van der Waals surface area contributed by atoms with Crippen molar-refractivity contribution in [2.75, 3.05) is 45.1 Å². The highest BCUT2D eigenvalue weighted by Crippen LogP contribution is 2.23. The number of thioether (sulfide) groups is 1. The summed E-state index contributed by atoms with van der Waals surface area (Å²) in [5, 5.41) is 9.54. The highest BCUT2D eigenvalue weighted by Gasteiger charge is 2.22. The molecular weight excluding hydrogens is 446 g/mol. The number of carbonyl (C=O) groups excluding carboxylic acids is 1. The predicted molar refractivity (Wildman–Crippen MR) is 127 cm³/mol. The minimum atomic E-state index is 0.125. The van der Waals surface area contributed by atoms with Crippen LogP contribution in [0.15, 0.2) is 60.0 Å². The first-order valence-electron chi connectivity index (χ1n) is 10.6. The van der Waals surface area contributed by atoms with Gasteiger partial charge in [0.25, 0.3) is 0 Å². The number of benzene rings is 2. The van der Waals surface area contributed by atoms with E-state index >= 15 is 0 Å². The normalized spacial score (nSPS) is 14.5. The second kappa shape index (κ2) is 10.8. The van der Waals surface area contributed by atoms with Gasteiger partial charge in [-0.3, -0.25) is 14.3 Å². The number of nitrogens with zero attached hydrogens (tertiary/aromatic N) is 5. The van der Waals surface area contributed by atoms with E-state index in [4.69, 9.17) is 16.3 Å². The third kappa shape index (κ3) is 5.82. The van der Waals surface area contributed by atoms with Crippen molar-refractivity contribution < 1.29 is 9.53 Å². The zero-order chi connectivity index (χ0) is 22.3. The number of rotatable bonds is 8. The third-order valence-electron chi connectivity index (χ3n) is 5.38. The summed E-state index contributed by atoms with van der Waals surface area (Å²) in [6.07, 6.45) is 1.68. The largest absolute Gasteiger partial charge is 0.491 e. The Balaban J connectivity index is 1.20. The van der Waals surface area contributed by atoms with Crippen LogP contribution in [0.5, 0.6) is 5.75 Å². The van der Waals surface area contributed by atoms with Gasteiger partial charge in [0.05, 0.1) is 10.8 Å². The Morgan fingerprint density at radius 2 is 1.84 bits per heavy atom. The molecule has 0 unspecified atom stereocenters. The summed E-state index contributed by atoms with van der Waals surface area (Å²) in [6, 6.07) is 15.6. The first-order chi connectivity index (χ1) is 15.6. The number of halogens is 1. The van der Waals surface area contributed by atoms with Crippen molar-refractivity contribution in [1.29, 1.82) is 0 Å². The summed E-state index contributed by atoms with van der Waals surface area (Å²) in [5.74, 6) is 1.18. The van der Waals surface area contributed by atoms with Crippen LogP contribution in [-0.4, -0.2) is 75.6 Å². The molecule has 0 aliphatic carbocycles. The van der Waals surface area contributed by atoms with Crippen LogP contribution in [0.4, 0.5) is 0 Å². The molecule has 2 aromatic carbocycles. The summed E-state index contributed by atoms with van der Waals surface area (Å²) >= 11 is 7.54. The first kappa shape index (κ1) is 22.6. The number of hydrogen-bond donors (Lipinski definition) is 0. The van der Waals surface area contributed by atoms with Gasteiger partial charge in [0, 0.05) is 38.4 Å². The van der Waals surface area contributed by atoms with E-state index in [1.807, 2.05) is 58.0 Å². The van der Waals surface area contributed by atoms with Gasteiger partial charge in [-0.2, -0.15) is 0 Å². The smallest absolute Gasteiger partial charge is 0.233 e. The van der Waals surface area contributed by atoms with Gasteiger partial charge in [0.15, 0.2) is 5.16 Å². The molecule has 0 bridgehead atoms. The molecule has 1 aromatic heterocycles. The fourth-order valence-electron chi connectivity index (χ4n) is 3.49. The van der Waals surface area contributed by atoms with E-state index in [1.54, 1.807) is 6.33 Å². The Kier molecular flexibility index (Phi) is 7.68. The van der Waals surface area contributed by atoms with Gasteiger partial charge in [0.2, 0.25) is 5.91 Å². The monoisotopic (exact) mass is 471 g/mol. The molecule has 2 heterocycles. The summed E-state index contributed by atoms with van der Waals surface area (Å²) in [7, 11) is 0. The van der Waals surface area contributed by atoms with E-state index < -0.39 is 0 Å². The summed E-state index contributed by atoms with van der Waals surface area (Å²) in [6.45, 7) is 6.54. The Morgan fingerprint density at radius 3 is 2.59 bits per heavy atom. The molecule has 32 heavy (non-hydrogen) atoms. The first-order valence-corrected chi connectivity index (χ1v) is 11.9. The molecule has 9 heteroatoms. The number of aryl methyl sites for hydroxylation is 1. The summed E-state index contributed by atoms with van der Waals surface area (Å²) in [4.78, 5) is 16.9. The van der Waals surface area contributed by atoms with Crippen molar-refractivity contribution in [2.45, 2.75) is 12.1 Å². The van der Waals surface area contributed by atoms with E-state index in [-0.39, 0.29) is 5.91 Å². The second-order valence-corrected chi connectivity index (χ2v) is 8.96. The Hall–Kier alpha value is -2.55. The van der Waals surface area contributed by atoms with E-state index in [0.717, 1.165) is 43.6 Å². The highest BCUT2D eigenvalue weighted by molar-refractivity contribution is 7.99. The van der Waals surface area contributed by atoms with Crippen molar-refractivity contribution >= 4 is 29.3 Å². The molecule has 0 spiro atoms. The topological polar surface area (TPSA) is 63.5 Å². The minimum absolute atomic E-state index is 0.125. The fraction of sp³-hybridized carbons (Fsp3) is 0.348. The standard InChI is InChI=1S/C23H26ClN5O2S/c1-18-6-8-19(9-7-18)29-17-25-26-23(29)32-16-22(30)28-12-10-27(11-13-28)14-15-31-21-5-3-2-4-20(21)24/h2-9,17H,10-16H2,1H3. The van der Waals surface area contributed by atoms with Gasteiger partial charge in [-0.25, -0.2) is 0 Å². The fourth-order valence-corrected chi connectivity index (χ4v) is 4.51. The van der Waals surface area contributed by atoms with Gasteiger partial charge in [-0.05, 0) is 31.2 Å². The van der Waals surface area contributed by atoms with Gasteiger partial charge < -0.3 is 9.64 Å². The zero-order valence-corrected chi connectivity index (χ0v) is 19.6. The van der Waals surface area contributed by atoms with Crippen molar-refractivity contribution in [2.24, 2.45) is 0 Å². The van der Waals surface area contributed by atoms with Crippen LogP contribution in [0.3, 0.4) is 0 Å². The van der Waals surface area contributed by atoms with Gasteiger partial charge >= 0.3 is 0 Å². The van der Waals surface area contributed by atoms with E-state index in [9.17, 15) is 4.79 Å². The third-order valence-corrected chi connectivity index (χ3v) is 6.62. The summed E-state index contributed by atoms with van der Waals surface area (Å²) in [5.41, 5.74) is 2.18.